The Morgan fingerprint density at radius 3 is 2.71 bits per heavy atom. The first-order chi connectivity index (χ1) is 7.93. The second kappa shape index (κ2) is 5.73. The van der Waals surface area contributed by atoms with Crippen molar-refractivity contribution in [1.29, 1.82) is 0 Å². The van der Waals surface area contributed by atoms with Crippen LogP contribution in [0.2, 0.25) is 5.28 Å². The lowest BCUT2D eigenvalue weighted by Gasteiger charge is -2.09. The maximum absolute atomic E-state index is 12.4. The van der Waals surface area contributed by atoms with Gasteiger partial charge in [0.1, 0.15) is 5.82 Å². The highest BCUT2D eigenvalue weighted by Gasteiger charge is 2.33. The van der Waals surface area contributed by atoms with Gasteiger partial charge in [-0.2, -0.15) is 13.2 Å². The van der Waals surface area contributed by atoms with Gasteiger partial charge in [-0.15, -0.1) is 12.3 Å². The number of aromatic nitrogens is 2. The molecule has 0 radical (unpaired) electrons. The Morgan fingerprint density at radius 1 is 1.41 bits per heavy atom. The quantitative estimate of drug-likeness (QED) is 0.516. The van der Waals surface area contributed by atoms with Gasteiger partial charge in [-0.1, -0.05) is 0 Å². The molecule has 7 heteroatoms. The summed E-state index contributed by atoms with van der Waals surface area (Å²) in [4.78, 5) is 6.74. The molecule has 1 N–H and O–H groups in total. The summed E-state index contributed by atoms with van der Waals surface area (Å²) < 4.78 is 37.2. The molecule has 1 aromatic rings. The number of terminal acetylenes is 1. The standard InChI is InChI=1S/C10H9ClF3N3/c1-2-3-4-5-15-8-6-7(10(12,13)14)16-9(11)17-8/h1,6H,3-5H2,(H,15,16,17). The highest BCUT2D eigenvalue weighted by Crippen LogP contribution is 2.29. The molecule has 0 aromatic carbocycles. The normalized spacial score (nSPS) is 11.0. The topological polar surface area (TPSA) is 37.8 Å². The number of nitrogens with one attached hydrogen (secondary N) is 1. The predicted octanol–water partition coefficient (Wildman–Crippen LogP) is 2.97. The van der Waals surface area contributed by atoms with Crippen LogP contribution in [0.3, 0.4) is 0 Å². The second-order valence-electron chi connectivity index (χ2n) is 3.14. The van der Waals surface area contributed by atoms with Gasteiger partial charge in [0.05, 0.1) is 0 Å². The summed E-state index contributed by atoms with van der Waals surface area (Å²) in [5.41, 5.74) is -1.07. The molecule has 0 saturated heterocycles. The smallest absolute Gasteiger partial charge is 0.370 e. The molecule has 17 heavy (non-hydrogen) atoms. The van der Waals surface area contributed by atoms with E-state index in [1.165, 1.54) is 0 Å². The van der Waals surface area contributed by atoms with Crippen LogP contribution in [0.5, 0.6) is 0 Å². The number of alkyl halides is 3. The van der Waals surface area contributed by atoms with E-state index in [1.807, 2.05) is 0 Å². The summed E-state index contributed by atoms with van der Waals surface area (Å²) in [5.74, 6) is 2.46. The number of anilines is 1. The van der Waals surface area contributed by atoms with E-state index in [-0.39, 0.29) is 5.82 Å². The van der Waals surface area contributed by atoms with Gasteiger partial charge in [-0.3, -0.25) is 0 Å². The lowest BCUT2D eigenvalue weighted by Crippen LogP contribution is -2.11. The molecule has 1 aromatic heterocycles. The van der Waals surface area contributed by atoms with Crippen LogP contribution in [-0.4, -0.2) is 16.5 Å². The van der Waals surface area contributed by atoms with Gasteiger partial charge in [0.25, 0.3) is 0 Å². The SMILES string of the molecule is C#CCCCNc1cc(C(F)(F)F)nc(Cl)n1. The van der Waals surface area contributed by atoms with Crippen LogP contribution < -0.4 is 5.32 Å². The number of hydrogen-bond donors (Lipinski definition) is 1. The number of nitrogens with zero attached hydrogens (tertiary/aromatic N) is 2. The third kappa shape index (κ3) is 4.49. The van der Waals surface area contributed by atoms with Crippen molar-refractivity contribution in [3.05, 3.63) is 17.0 Å². The fraction of sp³-hybridized carbons (Fsp3) is 0.400. The molecule has 1 heterocycles. The number of halogens is 4. The maximum Gasteiger partial charge on any atom is 0.433 e. The zero-order chi connectivity index (χ0) is 12.9. The average Bonchev–Trinajstić information content (AvgIpc) is 2.22. The van der Waals surface area contributed by atoms with Crippen molar-refractivity contribution in [2.24, 2.45) is 0 Å². The lowest BCUT2D eigenvalue weighted by atomic mass is 10.3. The first-order valence-corrected chi connectivity index (χ1v) is 5.10. The molecular formula is C10H9ClF3N3. The molecule has 92 valence electrons. The lowest BCUT2D eigenvalue weighted by molar-refractivity contribution is -0.141. The molecule has 0 amide bonds. The first-order valence-electron chi connectivity index (χ1n) is 4.72. The highest BCUT2D eigenvalue weighted by molar-refractivity contribution is 6.28. The largest absolute Gasteiger partial charge is 0.433 e. The minimum atomic E-state index is -4.54. The summed E-state index contributed by atoms with van der Waals surface area (Å²) in [6.45, 7) is 0.425. The van der Waals surface area contributed by atoms with Gasteiger partial charge in [0.2, 0.25) is 5.28 Å². The van der Waals surface area contributed by atoms with Crippen LogP contribution in [0.4, 0.5) is 19.0 Å². The van der Waals surface area contributed by atoms with Crippen LogP contribution in [0.25, 0.3) is 0 Å². The molecule has 0 saturated carbocycles. The Morgan fingerprint density at radius 2 is 2.12 bits per heavy atom. The molecule has 0 fully saturated rings. The molecule has 0 aliphatic rings. The molecule has 0 atom stereocenters. The summed E-state index contributed by atoms with van der Waals surface area (Å²) in [5, 5.41) is 2.26. The van der Waals surface area contributed by atoms with Crippen LogP contribution >= 0.6 is 11.6 Å². The van der Waals surface area contributed by atoms with Crippen molar-refractivity contribution < 1.29 is 13.2 Å². The van der Waals surface area contributed by atoms with E-state index in [0.717, 1.165) is 6.07 Å². The molecule has 1 rings (SSSR count). The van der Waals surface area contributed by atoms with Crippen molar-refractivity contribution in [3.63, 3.8) is 0 Å². The summed E-state index contributed by atoms with van der Waals surface area (Å²) in [7, 11) is 0. The van der Waals surface area contributed by atoms with Gasteiger partial charge in [-0.05, 0) is 18.0 Å². The fourth-order valence-corrected chi connectivity index (χ4v) is 1.24. The Balaban J connectivity index is 2.73. The predicted molar refractivity (Wildman–Crippen MR) is 58.6 cm³/mol. The summed E-state index contributed by atoms with van der Waals surface area (Å²) in [6, 6.07) is 0.807. The zero-order valence-corrected chi connectivity index (χ0v) is 9.44. The molecule has 0 spiro atoms. The highest BCUT2D eigenvalue weighted by atomic mass is 35.5. The van der Waals surface area contributed by atoms with E-state index in [4.69, 9.17) is 18.0 Å². The van der Waals surface area contributed by atoms with Gasteiger partial charge < -0.3 is 5.32 Å². The first kappa shape index (κ1) is 13.6. The Bertz CT molecular complexity index is 426. The number of unbranched alkanes of at least 4 members (excludes halogenated alkanes) is 1. The molecule has 0 aliphatic carbocycles. The van der Waals surface area contributed by atoms with Crippen molar-refractivity contribution in [1.82, 2.24) is 9.97 Å². The van der Waals surface area contributed by atoms with Crippen LogP contribution in [-0.2, 0) is 6.18 Å². The summed E-state index contributed by atoms with van der Waals surface area (Å²) >= 11 is 5.40. The maximum atomic E-state index is 12.4. The third-order valence-electron chi connectivity index (χ3n) is 1.79. The number of hydrogen-bond acceptors (Lipinski definition) is 3. The van der Waals surface area contributed by atoms with E-state index in [9.17, 15) is 13.2 Å². The Hall–Kier alpha value is -1.48. The van der Waals surface area contributed by atoms with E-state index < -0.39 is 17.2 Å². The van der Waals surface area contributed by atoms with Crippen molar-refractivity contribution >= 4 is 17.4 Å². The molecule has 0 bridgehead atoms. The molecule has 0 aliphatic heterocycles. The van der Waals surface area contributed by atoms with E-state index >= 15 is 0 Å². The molecule has 0 unspecified atom stereocenters. The van der Waals surface area contributed by atoms with E-state index in [0.29, 0.717) is 19.4 Å². The van der Waals surface area contributed by atoms with Gasteiger partial charge >= 0.3 is 6.18 Å². The fourth-order valence-electron chi connectivity index (χ4n) is 1.06. The average molecular weight is 264 g/mol. The monoisotopic (exact) mass is 263 g/mol. The van der Waals surface area contributed by atoms with Crippen molar-refractivity contribution in [2.45, 2.75) is 19.0 Å². The van der Waals surface area contributed by atoms with E-state index in [2.05, 4.69) is 21.2 Å². The second-order valence-corrected chi connectivity index (χ2v) is 3.48. The van der Waals surface area contributed by atoms with Gasteiger partial charge in [-0.25, -0.2) is 9.97 Å². The van der Waals surface area contributed by atoms with Crippen LogP contribution in [0.1, 0.15) is 18.5 Å². The van der Waals surface area contributed by atoms with Gasteiger partial charge in [0.15, 0.2) is 5.69 Å². The minimum Gasteiger partial charge on any atom is -0.370 e. The Labute approximate surface area is 101 Å². The molecular weight excluding hydrogens is 255 g/mol. The van der Waals surface area contributed by atoms with Crippen LogP contribution in [0, 0.1) is 12.3 Å². The van der Waals surface area contributed by atoms with Gasteiger partial charge in [0, 0.05) is 19.0 Å². The third-order valence-corrected chi connectivity index (χ3v) is 1.96. The molecule has 3 nitrogen and oxygen atoms in total. The summed E-state index contributed by atoms with van der Waals surface area (Å²) in [6.07, 6.45) is 1.68. The zero-order valence-electron chi connectivity index (χ0n) is 8.68. The number of rotatable bonds is 4. The van der Waals surface area contributed by atoms with Crippen LogP contribution in [0.15, 0.2) is 6.07 Å². The van der Waals surface area contributed by atoms with Crippen molar-refractivity contribution in [2.75, 3.05) is 11.9 Å². The minimum absolute atomic E-state index is 0.0364. The van der Waals surface area contributed by atoms with E-state index in [1.54, 1.807) is 0 Å². The van der Waals surface area contributed by atoms with Crippen molar-refractivity contribution in [3.8, 4) is 12.3 Å². The Kier molecular flexibility index (Phi) is 4.58.